The van der Waals surface area contributed by atoms with Crippen molar-refractivity contribution in [2.45, 2.75) is 25.6 Å². The average Bonchev–Trinajstić information content (AvgIpc) is 2.26. The van der Waals surface area contributed by atoms with Gasteiger partial charge >= 0.3 is 0 Å². The van der Waals surface area contributed by atoms with Gasteiger partial charge in [-0.2, -0.15) is 0 Å². The highest BCUT2D eigenvalue weighted by molar-refractivity contribution is 5.72. The van der Waals surface area contributed by atoms with Crippen molar-refractivity contribution in [1.29, 1.82) is 0 Å². The van der Waals surface area contributed by atoms with Crippen molar-refractivity contribution < 1.29 is 23.8 Å². The van der Waals surface area contributed by atoms with E-state index < -0.39 is 23.8 Å². The molecule has 3 N–H and O–H groups in total. The molecule has 1 aromatic rings. The first-order valence-electron chi connectivity index (χ1n) is 5.46. The Hall–Kier alpha value is -1.53. The molecule has 2 atom stereocenters. The second-order valence-electron chi connectivity index (χ2n) is 3.99. The lowest BCUT2D eigenvalue weighted by Crippen LogP contribution is -2.27. The number of hydrogen-bond donors (Lipinski definition) is 3. The Morgan fingerprint density at radius 1 is 1.28 bits per heavy atom. The zero-order valence-electron chi connectivity index (χ0n) is 9.86. The summed E-state index contributed by atoms with van der Waals surface area (Å²) in [6.45, 7) is 1.50. The highest BCUT2D eigenvalue weighted by Crippen LogP contribution is 2.20. The van der Waals surface area contributed by atoms with Crippen LogP contribution < -0.4 is 5.32 Å². The lowest BCUT2D eigenvalue weighted by molar-refractivity contribution is -0.119. The average molecular weight is 259 g/mol. The maximum absolute atomic E-state index is 12.9. The number of carbonyl (C=O) groups excluding carboxylic acids is 1. The van der Waals surface area contributed by atoms with Gasteiger partial charge in [-0.3, -0.25) is 4.79 Å². The molecule has 0 aliphatic heterocycles. The minimum Gasteiger partial charge on any atom is -0.390 e. The highest BCUT2D eigenvalue weighted by atomic mass is 19.1. The molecule has 0 saturated carbocycles. The molecule has 0 aliphatic carbocycles. The first-order valence-corrected chi connectivity index (χ1v) is 5.46. The first-order chi connectivity index (χ1) is 8.40. The SMILES string of the molecule is CC(=O)NCCC(O)C(O)c1cc(F)cc(F)c1. The fourth-order valence-electron chi connectivity index (χ4n) is 1.52. The van der Waals surface area contributed by atoms with Crippen LogP contribution in [0.5, 0.6) is 0 Å². The van der Waals surface area contributed by atoms with E-state index in [0.717, 1.165) is 12.1 Å². The molecule has 1 amide bonds. The summed E-state index contributed by atoms with van der Waals surface area (Å²) in [6.07, 6.45) is -2.53. The van der Waals surface area contributed by atoms with Crippen molar-refractivity contribution in [3.05, 3.63) is 35.4 Å². The third-order valence-electron chi connectivity index (χ3n) is 2.40. The van der Waals surface area contributed by atoms with Crippen molar-refractivity contribution in [1.82, 2.24) is 5.32 Å². The predicted molar refractivity (Wildman–Crippen MR) is 60.6 cm³/mol. The summed E-state index contributed by atoms with van der Waals surface area (Å²) >= 11 is 0. The van der Waals surface area contributed by atoms with Crippen LogP contribution in [0.15, 0.2) is 18.2 Å². The third kappa shape index (κ3) is 4.38. The Bertz CT molecular complexity index is 406. The molecule has 0 fully saturated rings. The Labute approximate surface area is 103 Å². The Kier molecular flexibility index (Phi) is 5.18. The number of nitrogens with one attached hydrogen (secondary N) is 1. The zero-order chi connectivity index (χ0) is 13.7. The van der Waals surface area contributed by atoms with Crippen LogP contribution >= 0.6 is 0 Å². The van der Waals surface area contributed by atoms with Gasteiger partial charge in [-0.25, -0.2) is 8.78 Å². The highest BCUT2D eigenvalue weighted by Gasteiger charge is 2.19. The van der Waals surface area contributed by atoms with Crippen LogP contribution in [0.4, 0.5) is 8.78 Å². The number of benzene rings is 1. The van der Waals surface area contributed by atoms with Crippen LogP contribution in [0.3, 0.4) is 0 Å². The number of amides is 1. The van der Waals surface area contributed by atoms with E-state index in [-0.39, 0.29) is 24.4 Å². The summed E-state index contributed by atoms with van der Waals surface area (Å²) in [5.74, 6) is -1.90. The molecular formula is C12H15F2NO3. The Balaban J connectivity index is 2.62. The molecule has 0 saturated heterocycles. The maximum Gasteiger partial charge on any atom is 0.216 e. The number of hydrogen-bond acceptors (Lipinski definition) is 3. The molecule has 0 aliphatic rings. The van der Waals surface area contributed by atoms with Crippen LogP contribution in [0.25, 0.3) is 0 Å². The molecule has 0 aromatic heterocycles. The summed E-state index contributed by atoms with van der Waals surface area (Å²) in [6, 6.07) is 2.59. The summed E-state index contributed by atoms with van der Waals surface area (Å²) in [5, 5.41) is 21.8. The first kappa shape index (κ1) is 14.5. The Morgan fingerprint density at radius 3 is 2.33 bits per heavy atom. The predicted octanol–water partition coefficient (Wildman–Crippen LogP) is 0.885. The molecule has 6 heteroatoms. The van der Waals surface area contributed by atoms with Gasteiger partial charge in [0, 0.05) is 19.5 Å². The van der Waals surface area contributed by atoms with Crippen molar-refractivity contribution in [3.8, 4) is 0 Å². The fourth-order valence-corrected chi connectivity index (χ4v) is 1.52. The standard InChI is InChI=1S/C12H15F2NO3/c1-7(16)15-3-2-11(17)12(18)8-4-9(13)6-10(14)5-8/h4-6,11-12,17-18H,2-3H2,1H3,(H,15,16). The number of halogens is 2. The molecule has 0 bridgehead atoms. The third-order valence-corrected chi connectivity index (χ3v) is 2.40. The topological polar surface area (TPSA) is 69.6 Å². The van der Waals surface area contributed by atoms with Gasteiger partial charge < -0.3 is 15.5 Å². The second-order valence-corrected chi connectivity index (χ2v) is 3.99. The molecule has 100 valence electrons. The van der Waals surface area contributed by atoms with Gasteiger partial charge in [0.15, 0.2) is 0 Å². The second kappa shape index (κ2) is 6.42. The van der Waals surface area contributed by atoms with Gasteiger partial charge in [-0.1, -0.05) is 0 Å². The monoisotopic (exact) mass is 259 g/mol. The molecular weight excluding hydrogens is 244 g/mol. The van der Waals surface area contributed by atoms with Crippen LogP contribution in [0, 0.1) is 11.6 Å². The number of carbonyl (C=O) groups is 1. The van der Waals surface area contributed by atoms with E-state index in [9.17, 15) is 23.8 Å². The van der Waals surface area contributed by atoms with Gasteiger partial charge in [-0.15, -0.1) is 0 Å². The maximum atomic E-state index is 12.9. The minimum absolute atomic E-state index is 0.0391. The van der Waals surface area contributed by atoms with Crippen LogP contribution in [-0.4, -0.2) is 28.8 Å². The number of aliphatic hydroxyl groups excluding tert-OH is 2. The van der Waals surface area contributed by atoms with Crippen molar-refractivity contribution in [2.24, 2.45) is 0 Å². The molecule has 18 heavy (non-hydrogen) atoms. The smallest absolute Gasteiger partial charge is 0.216 e. The summed E-state index contributed by atoms with van der Waals surface area (Å²) in [7, 11) is 0. The van der Waals surface area contributed by atoms with E-state index in [1.165, 1.54) is 6.92 Å². The molecule has 1 aromatic carbocycles. The van der Waals surface area contributed by atoms with Gasteiger partial charge in [0.2, 0.25) is 5.91 Å². The lowest BCUT2D eigenvalue weighted by Gasteiger charge is -2.18. The van der Waals surface area contributed by atoms with E-state index >= 15 is 0 Å². The van der Waals surface area contributed by atoms with Crippen molar-refractivity contribution >= 4 is 5.91 Å². The van der Waals surface area contributed by atoms with Gasteiger partial charge in [0.05, 0.1) is 6.10 Å². The molecule has 0 radical (unpaired) electrons. The lowest BCUT2D eigenvalue weighted by atomic mass is 10.0. The molecule has 2 unspecified atom stereocenters. The van der Waals surface area contributed by atoms with Crippen molar-refractivity contribution in [2.75, 3.05) is 6.54 Å². The van der Waals surface area contributed by atoms with Crippen LogP contribution in [0.1, 0.15) is 25.0 Å². The van der Waals surface area contributed by atoms with E-state index in [2.05, 4.69) is 5.32 Å². The minimum atomic E-state index is -1.40. The quantitative estimate of drug-likeness (QED) is 0.735. The van der Waals surface area contributed by atoms with Crippen molar-refractivity contribution in [3.63, 3.8) is 0 Å². The van der Waals surface area contributed by atoms with E-state index in [4.69, 9.17) is 0 Å². The van der Waals surface area contributed by atoms with E-state index in [0.29, 0.717) is 6.07 Å². The number of aliphatic hydroxyl groups is 2. The van der Waals surface area contributed by atoms with Gasteiger partial charge in [-0.05, 0) is 24.1 Å². The summed E-state index contributed by atoms with van der Waals surface area (Å²) in [4.78, 5) is 10.6. The summed E-state index contributed by atoms with van der Waals surface area (Å²) < 4.78 is 25.8. The van der Waals surface area contributed by atoms with E-state index in [1.54, 1.807) is 0 Å². The molecule has 0 spiro atoms. The molecule has 4 nitrogen and oxygen atoms in total. The zero-order valence-corrected chi connectivity index (χ0v) is 9.86. The summed E-state index contributed by atoms with van der Waals surface area (Å²) in [5.41, 5.74) is -0.0391. The van der Waals surface area contributed by atoms with Crippen LogP contribution in [-0.2, 0) is 4.79 Å². The van der Waals surface area contributed by atoms with E-state index in [1.807, 2.05) is 0 Å². The normalized spacial score (nSPS) is 14.1. The Morgan fingerprint density at radius 2 is 1.83 bits per heavy atom. The number of rotatable bonds is 5. The fraction of sp³-hybridized carbons (Fsp3) is 0.417. The molecule has 1 rings (SSSR count). The largest absolute Gasteiger partial charge is 0.390 e. The van der Waals surface area contributed by atoms with Gasteiger partial charge in [0.1, 0.15) is 17.7 Å². The van der Waals surface area contributed by atoms with Crippen LogP contribution in [0.2, 0.25) is 0 Å². The van der Waals surface area contributed by atoms with Gasteiger partial charge in [0.25, 0.3) is 0 Å². The molecule has 0 heterocycles.